The molecule has 0 bridgehead atoms. The van der Waals surface area contributed by atoms with Gasteiger partial charge >= 0.3 is 6.03 Å². The molecule has 2 rings (SSSR count). The van der Waals surface area contributed by atoms with E-state index in [1.807, 2.05) is 0 Å². The van der Waals surface area contributed by atoms with Crippen LogP contribution in [0.15, 0.2) is 18.2 Å². The van der Waals surface area contributed by atoms with E-state index >= 15 is 0 Å². The van der Waals surface area contributed by atoms with Crippen LogP contribution >= 0.6 is 0 Å². The molecule has 1 aromatic rings. The molecule has 1 fully saturated rings. The first-order chi connectivity index (χ1) is 12.9. The first-order valence-electron chi connectivity index (χ1n) is 8.16. The summed E-state index contributed by atoms with van der Waals surface area (Å²) >= 11 is 0. The minimum Gasteiger partial charge on any atom is -0.370 e. The first kappa shape index (κ1) is 20.5. The van der Waals surface area contributed by atoms with Crippen molar-refractivity contribution in [2.45, 2.75) is 12.5 Å². The van der Waals surface area contributed by atoms with Gasteiger partial charge in [-0.3, -0.25) is 9.59 Å². The monoisotopic (exact) mass is 385 g/mol. The maximum absolute atomic E-state index is 13.5. The van der Waals surface area contributed by atoms with Gasteiger partial charge in [-0.2, -0.15) is 0 Å². The molecule has 148 valence electrons. The van der Waals surface area contributed by atoms with Crippen molar-refractivity contribution in [2.24, 2.45) is 5.73 Å². The Balaban J connectivity index is 2.21. The van der Waals surface area contributed by atoms with Crippen molar-refractivity contribution in [3.05, 3.63) is 23.8 Å². The molecule has 0 unspecified atom stereocenters. The standard InChI is InChI=1S/C16H21F2N5O4/c1-20-16(26)22-11(7-19)15(25)21-9-2-3-12(10(6-9)14(17)18)23-4-5-27-8-13(23)24/h2-3,6,11,14H,4-5,7-8,19H2,1H3,(H,21,25)(H2,20,22,26)/t11-/m1/s1. The zero-order chi connectivity index (χ0) is 20.0. The largest absolute Gasteiger partial charge is 0.370 e. The molecule has 1 heterocycles. The van der Waals surface area contributed by atoms with E-state index in [0.29, 0.717) is 0 Å². The number of morpholine rings is 1. The third kappa shape index (κ3) is 5.11. The van der Waals surface area contributed by atoms with Crippen LogP contribution in [0, 0.1) is 0 Å². The molecule has 9 nitrogen and oxygen atoms in total. The van der Waals surface area contributed by atoms with Crippen LogP contribution in [0.5, 0.6) is 0 Å². The van der Waals surface area contributed by atoms with Crippen LogP contribution in [0.25, 0.3) is 0 Å². The Morgan fingerprint density at radius 2 is 2.11 bits per heavy atom. The fraction of sp³-hybridized carbons (Fsp3) is 0.438. The summed E-state index contributed by atoms with van der Waals surface area (Å²) in [6.07, 6.45) is -2.86. The highest BCUT2D eigenvalue weighted by atomic mass is 19.3. The summed E-state index contributed by atoms with van der Waals surface area (Å²) in [6.45, 7) is 0.0532. The SMILES string of the molecule is CNC(=O)N[C@H](CN)C(=O)Nc1ccc(N2CCOCC2=O)c(C(F)F)c1. The molecule has 4 amide bonds. The lowest BCUT2D eigenvalue weighted by molar-refractivity contribution is -0.125. The number of nitrogens with one attached hydrogen (secondary N) is 3. The molecule has 0 aromatic heterocycles. The van der Waals surface area contributed by atoms with Crippen molar-refractivity contribution >= 4 is 29.2 Å². The summed E-state index contributed by atoms with van der Waals surface area (Å²) in [5.74, 6) is -1.07. The van der Waals surface area contributed by atoms with Gasteiger partial charge in [0, 0.05) is 31.4 Å². The van der Waals surface area contributed by atoms with E-state index in [9.17, 15) is 23.2 Å². The molecule has 1 aliphatic rings. The molecular formula is C16H21F2N5O4. The van der Waals surface area contributed by atoms with Gasteiger partial charge in [0.1, 0.15) is 12.6 Å². The molecule has 1 saturated heterocycles. The van der Waals surface area contributed by atoms with Crippen molar-refractivity contribution in [1.29, 1.82) is 0 Å². The number of urea groups is 1. The van der Waals surface area contributed by atoms with Gasteiger partial charge in [0.15, 0.2) is 0 Å². The van der Waals surface area contributed by atoms with Crippen LogP contribution in [0.2, 0.25) is 0 Å². The van der Waals surface area contributed by atoms with E-state index < -0.39 is 35.9 Å². The average Bonchev–Trinajstić information content (AvgIpc) is 2.66. The molecule has 0 aliphatic carbocycles. The van der Waals surface area contributed by atoms with Crippen LogP contribution in [0.3, 0.4) is 0 Å². The van der Waals surface area contributed by atoms with E-state index in [-0.39, 0.29) is 37.7 Å². The minimum atomic E-state index is -2.86. The molecule has 11 heteroatoms. The maximum atomic E-state index is 13.5. The minimum absolute atomic E-state index is 0.0650. The van der Waals surface area contributed by atoms with Crippen molar-refractivity contribution in [3.8, 4) is 0 Å². The molecule has 5 N–H and O–H groups in total. The van der Waals surface area contributed by atoms with Gasteiger partial charge in [0.05, 0.1) is 12.3 Å². The molecule has 1 aromatic carbocycles. The molecule has 27 heavy (non-hydrogen) atoms. The topological polar surface area (TPSA) is 126 Å². The predicted molar refractivity (Wildman–Crippen MR) is 93.6 cm³/mol. The Morgan fingerprint density at radius 1 is 1.37 bits per heavy atom. The van der Waals surface area contributed by atoms with Gasteiger partial charge in [-0.15, -0.1) is 0 Å². The molecule has 1 atom stereocenters. The maximum Gasteiger partial charge on any atom is 0.315 e. The Labute approximate surface area is 154 Å². The first-order valence-corrected chi connectivity index (χ1v) is 8.16. The molecular weight excluding hydrogens is 364 g/mol. The molecule has 1 aliphatic heterocycles. The quantitative estimate of drug-likeness (QED) is 0.556. The van der Waals surface area contributed by atoms with E-state index in [2.05, 4.69) is 16.0 Å². The number of carbonyl (C=O) groups excluding carboxylic acids is 3. The number of halogens is 2. The summed E-state index contributed by atoms with van der Waals surface area (Å²) in [4.78, 5) is 36.7. The van der Waals surface area contributed by atoms with E-state index in [1.54, 1.807) is 0 Å². The number of ether oxygens (including phenoxy) is 1. The van der Waals surface area contributed by atoms with Gasteiger partial charge in [-0.25, -0.2) is 13.6 Å². The highest BCUT2D eigenvalue weighted by molar-refractivity contribution is 5.99. The van der Waals surface area contributed by atoms with Crippen LogP contribution in [0.4, 0.5) is 25.0 Å². The highest BCUT2D eigenvalue weighted by Crippen LogP contribution is 2.33. The summed E-state index contributed by atoms with van der Waals surface area (Å²) in [6, 6.07) is 2.18. The third-order valence-corrected chi connectivity index (χ3v) is 3.89. The highest BCUT2D eigenvalue weighted by Gasteiger charge is 2.26. The van der Waals surface area contributed by atoms with Crippen LogP contribution in [-0.4, -0.2) is 57.2 Å². The van der Waals surface area contributed by atoms with Crippen molar-refractivity contribution in [1.82, 2.24) is 10.6 Å². The summed E-state index contributed by atoms with van der Waals surface area (Å²) < 4.78 is 32.0. The normalized spacial score (nSPS) is 15.4. The number of alkyl halides is 2. The number of rotatable bonds is 6. The van der Waals surface area contributed by atoms with Crippen molar-refractivity contribution < 1.29 is 27.9 Å². The lowest BCUT2D eigenvalue weighted by Crippen LogP contribution is -2.50. The van der Waals surface area contributed by atoms with Crippen molar-refractivity contribution in [3.63, 3.8) is 0 Å². The van der Waals surface area contributed by atoms with E-state index in [4.69, 9.17) is 10.5 Å². The number of benzene rings is 1. The Kier molecular flexibility index (Phi) is 7.02. The van der Waals surface area contributed by atoms with Gasteiger partial charge in [-0.1, -0.05) is 0 Å². The predicted octanol–water partition coefficient (Wildman–Crippen LogP) is 0.182. The second-order valence-corrected chi connectivity index (χ2v) is 5.67. The number of amides is 4. The van der Waals surface area contributed by atoms with Crippen molar-refractivity contribution in [2.75, 3.05) is 43.6 Å². The number of hydrogen-bond donors (Lipinski definition) is 4. The summed E-state index contributed by atoms with van der Waals surface area (Å²) in [7, 11) is 1.38. The lowest BCUT2D eigenvalue weighted by Gasteiger charge is -2.29. The number of nitrogens with two attached hydrogens (primary N) is 1. The molecule has 0 radical (unpaired) electrons. The summed E-state index contributed by atoms with van der Waals surface area (Å²) in [5, 5.41) is 7.06. The van der Waals surface area contributed by atoms with Crippen LogP contribution in [-0.2, 0) is 14.3 Å². The third-order valence-electron chi connectivity index (χ3n) is 3.89. The number of hydrogen-bond acceptors (Lipinski definition) is 5. The second-order valence-electron chi connectivity index (χ2n) is 5.67. The van der Waals surface area contributed by atoms with E-state index in [1.165, 1.54) is 24.1 Å². The number of nitrogens with zero attached hydrogens (tertiary/aromatic N) is 1. The van der Waals surface area contributed by atoms with Gasteiger partial charge < -0.3 is 31.3 Å². The lowest BCUT2D eigenvalue weighted by atomic mass is 10.1. The molecule has 0 spiro atoms. The second kappa shape index (κ2) is 9.24. The summed E-state index contributed by atoms with van der Waals surface area (Å²) in [5.41, 5.74) is 5.23. The fourth-order valence-electron chi connectivity index (χ4n) is 2.52. The van der Waals surface area contributed by atoms with Gasteiger partial charge in [0.2, 0.25) is 5.91 Å². The Hall–Kier alpha value is -2.79. The van der Waals surface area contributed by atoms with Crippen LogP contribution < -0.4 is 26.6 Å². The van der Waals surface area contributed by atoms with Gasteiger partial charge in [0.25, 0.3) is 12.3 Å². The Morgan fingerprint density at radius 3 is 2.70 bits per heavy atom. The van der Waals surface area contributed by atoms with Gasteiger partial charge in [-0.05, 0) is 18.2 Å². The number of carbonyl (C=O) groups is 3. The molecule has 0 saturated carbocycles. The smallest absolute Gasteiger partial charge is 0.315 e. The van der Waals surface area contributed by atoms with E-state index in [0.717, 1.165) is 6.07 Å². The zero-order valence-corrected chi connectivity index (χ0v) is 14.6. The Bertz CT molecular complexity index is 716. The zero-order valence-electron chi connectivity index (χ0n) is 14.6. The van der Waals surface area contributed by atoms with Crippen LogP contribution in [0.1, 0.15) is 12.0 Å². The average molecular weight is 385 g/mol. The fourth-order valence-corrected chi connectivity index (χ4v) is 2.52. The number of anilines is 2.